The van der Waals surface area contributed by atoms with E-state index in [0.717, 1.165) is 17.1 Å². The average Bonchev–Trinajstić information content (AvgIpc) is 3.80. The molecular weight excluding hydrogens is 731 g/mol. The minimum atomic E-state index is -0.109. The maximum absolute atomic E-state index is 2.52. The zero-order valence-electron chi connectivity index (χ0n) is 33.1. The molecule has 2 heteroatoms. The first-order chi connectivity index (χ1) is 29.1. The molecule has 0 bridgehead atoms. The molecule has 1 aromatic heterocycles. The molecule has 0 fully saturated rings. The molecule has 0 radical (unpaired) electrons. The first-order valence-corrected chi connectivity index (χ1v) is 21.3. The van der Waals surface area contributed by atoms with E-state index < -0.39 is 0 Å². The summed E-state index contributed by atoms with van der Waals surface area (Å²) >= 11 is 1.86. The van der Waals surface area contributed by atoms with Crippen LogP contribution in [0.5, 0.6) is 0 Å². The lowest BCUT2D eigenvalue weighted by molar-refractivity contribution is 0.662. The van der Waals surface area contributed by atoms with Gasteiger partial charge >= 0.3 is 0 Å². The number of benzene rings is 9. The fourth-order valence-electron chi connectivity index (χ4n) is 9.67. The Kier molecular flexibility index (Phi) is 8.43. The standard InChI is InChI=1S/C57H41NS/c1-57(2)49-29-13-11-23-45(49)47-28-15-27-44(56(47)57)40-34-36-41(37-35-40)58(51-31-17-33-53-55(51)48-25-12-14-32-52(48)59-53)50-30-16-26-43(39-20-7-4-8-21-39)54(50)46-24-10-9-22-42(46)38-18-5-3-6-19-38/h3-37H,1-2H3. The van der Waals surface area contributed by atoms with Crippen LogP contribution in [0.25, 0.3) is 75.8 Å². The van der Waals surface area contributed by atoms with Gasteiger partial charge in [-0.25, -0.2) is 0 Å². The van der Waals surface area contributed by atoms with Crippen LogP contribution in [0.3, 0.4) is 0 Å². The van der Waals surface area contributed by atoms with Gasteiger partial charge in [0, 0.05) is 36.8 Å². The van der Waals surface area contributed by atoms with E-state index in [9.17, 15) is 0 Å². The summed E-state index contributed by atoms with van der Waals surface area (Å²) < 4.78 is 2.57. The number of rotatable bonds is 7. The summed E-state index contributed by atoms with van der Waals surface area (Å²) in [4.78, 5) is 2.52. The van der Waals surface area contributed by atoms with Gasteiger partial charge < -0.3 is 4.90 Å². The number of hydrogen-bond acceptors (Lipinski definition) is 2. The molecule has 59 heavy (non-hydrogen) atoms. The second-order valence-electron chi connectivity index (χ2n) is 16.0. The van der Waals surface area contributed by atoms with Crippen LogP contribution in [-0.2, 0) is 5.41 Å². The van der Waals surface area contributed by atoms with Crippen LogP contribution in [0.2, 0.25) is 0 Å². The summed E-state index contributed by atoms with van der Waals surface area (Å²) in [5.74, 6) is 0. The number of nitrogens with zero attached hydrogens (tertiary/aromatic N) is 1. The molecule has 0 unspecified atom stereocenters. The van der Waals surface area contributed by atoms with E-state index in [1.807, 2.05) is 11.3 Å². The Labute approximate surface area is 350 Å². The van der Waals surface area contributed by atoms with Crippen LogP contribution >= 0.6 is 11.3 Å². The molecule has 0 amide bonds. The van der Waals surface area contributed by atoms with E-state index >= 15 is 0 Å². The lowest BCUT2D eigenvalue weighted by Crippen LogP contribution is -2.16. The summed E-state index contributed by atoms with van der Waals surface area (Å²) in [6.07, 6.45) is 0. The SMILES string of the molecule is CC1(C)c2ccccc2-c2cccc(-c3ccc(N(c4cccc(-c5ccccc5)c4-c4ccccc4-c4ccccc4)c4cccc5sc6ccccc6c45)cc3)c21. The largest absolute Gasteiger partial charge is 0.309 e. The number of hydrogen-bond donors (Lipinski definition) is 0. The van der Waals surface area contributed by atoms with Crippen molar-refractivity contribution in [2.75, 3.05) is 4.90 Å². The molecule has 1 aliphatic rings. The van der Waals surface area contributed by atoms with Crippen LogP contribution in [-0.4, -0.2) is 0 Å². The third-order valence-corrected chi connectivity index (χ3v) is 13.4. The second kappa shape index (κ2) is 14.1. The molecule has 1 aliphatic carbocycles. The quantitative estimate of drug-likeness (QED) is 0.156. The molecule has 0 atom stereocenters. The summed E-state index contributed by atoms with van der Waals surface area (Å²) in [6, 6.07) is 78.1. The molecular formula is C57H41NS. The monoisotopic (exact) mass is 771 g/mol. The van der Waals surface area contributed by atoms with Crippen molar-refractivity contribution in [2.24, 2.45) is 0 Å². The van der Waals surface area contributed by atoms with Crippen molar-refractivity contribution in [3.05, 3.63) is 223 Å². The van der Waals surface area contributed by atoms with Gasteiger partial charge in [-0.1, -0.05) is 190 Å². The van der Waals surface area contributed by atoms with Crippen LogP contribution < -0.4 is 4.90 Å². The molecule has 0 saturated heterocycles. The molecule has 0 aliphatic heterocycles. The van der Waals surface area contributed by atoms with Gasteiger partial charge in [-0.05, 0) is 97.6 Å². The Hall–Kier alpha value is -7.00. The fraction of sp³-hybridized carbons (Fsp3) is 0.0526. The predicted molar refractivity (Wildman–Crippen MR) is 253 cm³/mol. The summed E-state index contributed by atoms with van der Waals surface area (Å²) in [5, 5.41) is 2.54. The minimum absolute atomic E-state index is 0.109. The van der Waals surface area contributed by atoms with Crippen molar-refractivity contribution in [1.29, 1.82) is 0 Å². The topological polar surface area (TPSA) is 3.24 Å². The van der Waals surface area contributed by atoms with Crippen molar-refractivity contribution in [1.82, 2.24) is 0 Å². The normalized spacial score (nSPS) is 12.7. The number of anilines is 3. The van der Waals surface area contributed by atoms with Crippen molar-refractivity contribution in [3.8, 4) is 55.6 Å². The molecule has 1 heterocycles. The van der Waals surface area contributed by atoms with Crippen LogP contribution in [0.15, 0.2) is 212 Å². The Balaban J connectivity index is 1.18. The molecule has 280 valence electrons. The first kappa shape index (κ1) is 35.2. The zero-order valence-corrected chi connectivity index (χ0v) is 33.9. The maximum Gasteiger partial charge on any atom is 0.0555 e. The molecule has 1 nitrogen and oxygen atoms in total. The lowest BCUT2D eigenvalue weighted by Gasteiger charge is -2.31. The summed E-state index contributed by atoms with van der Waals surface area (Å²) in [6.45, 7) is 4.75. The summed E-state index contributed by atoms with van der Waals surface area (Å²) in [7, 11) is 0. The van der Waals surface area contributed by atoms with Crippen LogP contribution in [0, 0.1) is 0 Å². The average molecular weight is 772 g/mol. The number of thiophene rings is 1. The molecule has 9 aromatic carbocycles. The Morgan fingerprint density at radius 2 is 0.898 bits per heavy atom. The minimum Gasteiger partial charge on any atom is -0.309 e. The van der Waals surface area contributed by atoms with Gasteiger partial charge in [0.2, 0.25) is 0 Å². The Morgan fingerprint density at radius 1 is 0.373 bits per heavy atom. The predicted octanol–water partition coefficient (Wildman–Crippen LogP) is 16.5. The third-order valence-electron chi connectivity index (χ3n) is 12.3. The molecule has 0 spiro atoms. The highest BCUT2D eigenvalue weighted by atomic mass is 32.1. The van der Waals surface area contributed by atoms with E-state index in [1.165, 1.54) is 86.9 Å². The molecule has 11 rings (SSSR count). The highest BCUT2D eigenvalue weighted by Gasteiger charge is 2.37. The van der Waals surface area contributed by atoms with Gasteiger partial charge in [0.25, 0.3) is 0 Å². The molecule has 0 saturated carbocycles. The van der Waals surface area contributed by atoms with E-state index in [-0.39, 0.29) is 5.41 Å². The molecule has 10 aromatic rings. The number of fused-ring (bicyclic) bond motifs is 6. The first-order valence-electron chi connectivity index (χ1n) is 20.4. The van der Waals surface area contributed by atoms with E-state index in [0.29, 0.717) is 0 Å². The van der Waals surface area contributed by atoms with Gasteiger partial charge in [0.05, 0.1) is 11.4 Å². The third kappa shape index (κ3) is 5.74. The Bertz CT molecular complexity index is 3170. The second-order valence-corrected chi connectivity index (χ2v) is 17.1. The fourth-order valence-corrected chi connectivity index (χ4v) is 10.8. The van der Waals surface area contributed by atoms with Crippen LogP contribution in [0.1, 0.15) is 25.0 Å². The zero-order chi connectivity index (χ0) is 39.5. The van der Waals surface area contributed by atoms with Crippen molar-refractivity contribution in [2.45, 2.75) is 19.3 Å². The maximum atomic E-state index is 2.52. The van der Waals surface area contributed by atoms with Gasteiger partial charge in [-0.2, -0.15) is 0 Å². The van der Waals surface area contributed by atoms with Crippen LogP contribution in [0.4, 0.5) is 17.1 Å². The van der Waals surface area contributed by atoms with Crippen molar-refractivity contribution in [3.63, 3.8) is 0 Å². The highest BCUT2D eigenvalue weighted by molar-refractivity contribution is 7.26. The molecule has 0 N–H and O–H groups in total. The highest BCUT2D eigenvalue weighted by Crippen LogP contribution is 2.54. The van der Waals surface area contributed by atoms with Gasteiger partial charge in [-0.3, -0.25) is 0 Å². The van der Waals surface area contributed by atoms with Gasteiger partial charge in [-0.15, -0.1) is 11.3 Å². The van der Waals surface area contributed by atoms with Crippen molar-refractivity contribution >= 4 is 48.6 Å². The Morgan fingerprint density at radius 3 is 1.68 bits per heavy atom. The van der Waals surface area contributed by atoms with E-state index in [1.54, 1.807) is 0 Å². The van der Waals surface area contributed by atoms with E-state index in [2.05, 4.69) is 231 Å². The van der Waals surface area contributed by atoms with Gasteiger partial charge in [0.15, 0.2) is 0 Å². The van der Waals surface area contributed by atoms with Gasteiger partial charge in [0.1, 0.15) is 0 Å². The lowest BCUT2D eigenvalue weighted by atomic mass is 9.79. The smallest absolute Gasteiger partial charge is 0.0555 e. The van der Waals surface area contributed by atoms with E-state index in [4.69, 9.17) is 0 Å². The summed E-state index contributed by atoms with van der Waals surface area (Å²) in [5.41, 5.74) is 18.4. The van der Waals surface area contributed by atoms with Crippen molar-refractivity contribution < 1.29 is 0 Å².